The highest BCUT2D eigenvalue weighted by atomic mass is 16.5. The van der Waals surface area contributed by atoms with Crippen molar-refractivity contribution in [3.05, 3.63) is 74.3 Å². The fourth-order valence-electron chi connectivity index (χ4n) is 3.91. The Labute approximate surface area is 182 Å². The van der Waals surface area contributed by atoms with E-state index in [1.54, 1.807) is 47.4 Å². The first-order valence-corrected chi connectivity index (χ1v) is 10.1. The van der Waals surface area contributed by atoms with Gasteiger partial charge in [-0.15, -0.1) is 0 Å². The maximum Gasteiger partial charge on any atom is 0.326 e. The van der Waals surface area contributed by atoms with Crippen molar-refractivity contribution < 1.29 is 19.1 Å². The lowest BCUT2D eigenvalue weighted by molar-refractivity contribution is -0.147. The van der Waals surface area contributed by atoms with Crippen LogP contribution in [0.3, 0.4) is 0 Å². The largest absolute Gasteiger partial charge is 0.453 e. The summed E-state index contributed by atoms with van der Waals surface area (Å²) in [6.07, 6.45) is -0.447. The zero-order valence-electron chi connectivity index (χ0n) is 17.6. The molecule has 0 aliphatic carbocycles. The van der Waals surface area contributed by atoms with Gasteiger partial charge in [0.25, 0.3) is 0 Å². The van der Waals surface area contributed by atoms with E-state index in [0.29, 0.717) is 29.6 Å². The maximum absolute atomic E-state index is 12.8. The molecule has 1 aliphatic rings. The molecule has 2 heterocycles. The predicted molar refractivity (Wildman–Crippen MR) is 117 cm³/mol. The lowest BCUT2D eigenvalue weighted by Crippen LogP contribution is -2.38. The van der Waals surface area contributed by atoms with Crippen LogP contribution in [0.5, 0.6) is 0 Å². The summed E-state index contributed by atoms with van der Waals surface area (Å²) in [5.74, 6) is -1.27. The highest BCUT2D eigenvalue weighted by Crippen LogP contribution is 2.29. The van der Waals surface area contributed by atoms with Gasteiger partial charge in [-0.25, -0.2) is 0 Å². The van der Waals surface area contributed by atoms with Crippen LogP contribution in [0.2, 0.25) is 0 Å². The molecule has 3 aromatic rings. The summed E-state index contributed by atoms with van der Waals surface area (Å²) in [4.78, 5) is 65.2. The predicted octanol–water partition coefficient (Wildman–Crippen LogP) is 1.41. The molecule has 0 saturated carbocycles. The van der Waals surface area contributed by atoms with E-state index in [0.717, 1.165) is 15.8 Å². The molecule has 0 bridgehead atoms. The minimum atomic E-state index is -1.09. The number of H-pyrrole nitrogens is 1. The number of nitrogens with one attached hydrogen (secondary N) is 1. The summed E-state index contributed by atoms with van der Waals surface area (Å²) >= 11 is 0. The van der Waals surface area contributed by atoms with Crippen molar-refractivity contribution in [3.63, 3.8) is 0 Å². The fourth-order valence-corrected chi connectivity index (χ4v) is 3.91. The Balaban J connectivity index is 1.51. The van der Waals surface area contributed by atoms with Gasteiger partial charge in [-0.3, -0.25) is 28.5 Å². The number of ketones is 1. The molecule has 1 aliphatic heterocycles. The Hall–Kier alpha value is -4.01. The zero-order chi connectivity index (χ0) is 23.0. The molecular weight excluding hydrogens is 414 g/mol. The molecule has 0 unspecified atom stereocenters. The van der Waals surface area contributed by atoms with Crippen LogP contribution >= 0.6 is 0 Å². The average Bonchev–Trinajstić information content (AvgIpc) is 3.20. The first-order chi connectivity index (χ1) is 15.3. The molecule has 9 nitrogen and oxygen atoms in total. The van der Waals surface area contributed by atoms with Gasteiger partial charge in [-0.1, -0.05) is 12.1 Å². The van der Waals surface area contributed by atoms with Gasteiger partial charge < -0.3 is 14.6 Å². The van der Waals surface area contributed by atoms with Crippen molar-refractivity contribution in [1.82, 2.24) is 9.55 Å². The standard InChI is InChI=1S/C23H21N3O6/c1-13(21(29)16-7-8-18-15(11-16)9-10-25(18)14(2)27)32-20(28)12-26-19-6-4-3-5-17(19)24-22(30)23(26)31/h3-8,11,13H,9-10,12H2,1-2H3,(H,24,30)/t13-/m0/s1. The van der Waals surface area contributed by atoms with Crippen LogP contribution < -0.4 is 16.0 Å². The number of benzene rings is 2. The van der Waals surface area contributed by atoms with Crippen LogP contribution in [0.1, 0.15) is 29.8 Å². The van der Waals surface area contributed by atoms with E-state index in [1.807, 2.05) is 0 Å². The lowest BCUT2D eigenvalue weighted by Gasteiger charge is -2.16. The summed E-state index contributed by atoms with van der Waals surface area (Å²) in [5, 5.41) is 0. The summed E-state index contributed by atoms with van der Waals surface area (Å²) in [7, 11) is 0. The molecule has 0 fully saturated rings. The maximum atomic E-state index is 12.8. The van der Waals surface area contributed by atoms with Crippen molar-refractivity contribution in [1.29, 1.82) is 0 Å². The molecule has 1 amide bonds. The van der Waals surface area contributed by atoms with Crippen LogP contribution in [0.25, 0.3) is 11.0 Å². The number of hydrogen-bond donors (Lipinski definition) is 1. The van der Waals surface area contributed by atoms with E-state index in [4.69, 9.17) is 4.74 Å². The molecule has 4 rings (SSSR count). The van der Waals surface area contributed by atoms with Crippen molar-refractivity contribution >= 4 is 34.4 Å². The second-order valence-electron chi connectivity index (χ2n) is 7.62. The topological polar surface area (TPSA) is 119 Å². The lowest BCUT2D eigenvalue weighted by atomic mass is 10.0. The van der Waals surface area contributed by atoms with Crippen LogP contribution in [0, 0.1) is 0 Å². The number of hydrogen-bond acceptors (Lipinski definition) is 6. The number of aromatic nitrogens is 2. The Morgan fingerprint density at radius 2 is 1.88 bits per heavy atom. The van der Waals surface area contributed by atoms with Crippen molar-refractivity contribution in [2.45, 2.75) is 32.9 Å². The number of para-hydroxylation sites is 2. The number of amides is 1. The Kier molecular flexibility index (Phi) is 5.48. The number of carbonyl (C=O) groups excluding carboxylic acids is 3. The molecule has 0 spiro atoms. The van der Waals surface area contributed by atoms with Crippen molar-refractivity contribution in [2.75, 3.05) is 11.4 Å². The zero-order valence-corrected chi connectivity index (χ0v) is 17.6. The van der Waals surface area contributed by atoms with E-state index >= 15 is 0 Å². The first-order valence-electron chi connectivity index (χ1n) is 10.1. The molecule has 9 heteroatoms. The highest BCUT2D eigenvalue weighted by Gasteiger charge is 2.26. The summed E-state index contributed by atoms with van der Waals surface area (Å²) in [5.41, 5.74) is 1.08. The van der Waals surface area contributed by atoms with Gasteiger partial charge in [0.05, 0.1) is 11.0 Å². The molecule has 164 valence electrons. The van der Waals surface area contributed by atoms with Gasteiger partial charge >= 0.3 is 17.1 Å². The van der Waals surface area contributed by atoms with Crippen LogP contribution in [0.15, 0.2) is 52.1 Å². The van der Waals surface area contributed by atoms with Gasteiger partial charge in [0.1, 0.15) is 6.54 Å². The van der Waals surface area contributed by atoms with Crippen LogP contribution in [0.4, 0.5) is 5.69 Å². The van der Waals surface area contributed by atoms with Gasteiger partial charge in [0.2, 0.25) is 11.7 Å². The number of carbonyl (C=O) groups is 3. The molecule has 1 N–H and O–H groups in total. The van der Waals surface area contributed by atoms with E-state index in [2.05, 4.69) is 4.98 Å². The van der Waals surface area contributed by atoms with Crippen LogP contribution in [-0.2, 0) is 27.3 Å². The summed E-state index contributed by atoms with van der Waals surface area (Å²) < 4.78 is 6.30. The molecule has 1 atom stereocenters. The summed E-state index contributed by atoms with van der Waals surface area (Å²) in [6.45, 7) is 3.00. The number of anilines is 1. The first kappa shape index (κ1) is 21.2. The third-order valence-corrected chi connectivity index (χ3v) is 5.49. The Morgan fingerprint density at radius 3 is 2.62 bits per heavy atom. The fraction of sp³-hybridized carbons (Fsp3) is 0.261. The van der Waals surface area contributed by atoms with Gasteiger partial charge in [0.15, 0.2) is 6.10 Å². The number of esters is 1. The SMILES string of the molecule is CC(=O)N1CCc2cc(C(=O)[C@H](C)OC(=O)Cn3c(=O)c(=O)[nH]c4ccccc43)ccc21. The molecule has 0 radical (unpaired) electrons. The molecule has 1 aromatic heterocycles. The van der Waals surface area contributed by atoms with Crippen molar-refractivity contribution in [3.8, 4) is 0 Å². The van der Waals surface area contributed by atoms with E-state index in [9.17, 15) is 24.0 Å². The average molecular weight is 435 g/mol. The monoisotopic (exact) mass is 435 g/mol. The van der Waals surface area contributed by atoms with E-state index in [-0.39, 0.29) is 5.91 Å². The molecule has 2 aromatic carbocycles. The van der Waals surface area contributed by atoms with Gasteiger partial charge in [-0.2, -0.15) is 0 Å². The third kappa shape index (κ3) is 3.84. The normalized spacial score (nSPS) is 13.6. The molecule has 0 saturated heterocycles. The van der Waals surface area contributed by atoms with E-state index in [1.165, 1.54) is 13.8 Å². The van der Waals surface area contributed by atoms with Gasteiger partial charge in [0, 0.05) is 24.7 Å². The summed E-state index contributed by atoms with van der Waals surface area (Å²) in [6, 6.07) is 11.6. The van der Waals surface area contributed by atoms with Crippen molar-refractivity contribution in [2.24, 2.45) is 0 Å². The van der Waals surface area contributed by atoms with Gasteiger partial charge in [-0.05, 0) is 49.2 Å². The number of nitrogens with zero attached hydrogens (tertiary/aromatic N) is 2. The number of Topliss-reactive ketones (excluding diaryl/α,β-unsaturated/α-hetero) is 1. The second kappa shape index (κ2) is 8.26. The molecular formula is C23H21N3O6. The Morgan fingerprint density at radius 1 is 1.12 bits per heavy atom. The second-order valence-corrected chi connectivity index (χ2v) is 7.62. The smallest absolute Gasteiger partial charge is 0.326 e. The highest BCUT2D eigenvalue weighted by molar-refractivity contribution is 6.02. The molecule has 32 heavy (non-hydrogen) atoms. The third-order valence-electron chi connectivity index (χ3n) is 5.49. The minimum absolute atomic E-state index is 0.0624. The number of aromatic amines is 1. The van der Waals surface area contributed by atoms with Crippen LogP contribution in [-0.4, -0.2) is 39.9 Å². The number of ether oxygens (including phenoxy) is 1. The minimum Gasteiger partial charge on any atom is -0.453 e. The Bertz CT molecular complexity index is 1370. The number of fused-ring (bicyclic) bond motifs is 2. The van der Waals surface area contributed by atoms with E-state index < -0.39 is 35.5 Å². The number of rotatable bonds is 5. The quantitative estimate of drug-likeness (QED) is 0.368.